The molecule has 0 aliphatic carbocycles. The van der Waals surface area contributed by atoms with Crippen LogP contribution in [0.25, 0.3) is 0 Å². The number of nitro groups is 2. The van der Waals surface area contributed by atoms with E-state index in [0.717, 1.165) is 5.37 Å². The van der Waals surface area contributed by atoms with Crippen molar-refractivity contribution in [2.45, 2.75) is 50.3 Å². The van der Waals surface area contributed by atoms with Crippen molar-refractivity contribution >= 4 is 38.5 Å². The molecule has 0 saturated carbocycles. The molecule has 1 unspecified atom stereocenters. The minimum absolute atomic E-state index is 0.0230. The van der Waals surface area contributed by atoms with Gasteiger partial charge in [-0.15, -0.1) is 0 Å². The van der Waals surface area contributed by atoms with Gasteiger partial charge in [-0.2, -0.15) is 13.2 Å². The van der Waals surface area contributed by atoms with E-state index in [1.54, 1.807) is 20.8 Å². The molecule has 33 heavy (non-hydrogen) atoms. The molecule has 0 aromatic heterocycles. The van der Waals surface area contributed by atoms with Crippen molar-refractivity contribution in [3.8, 4) is 0 Å². The third-order valence-electron chi connectivity index (χ3n) is 3.55. The van der Waals surface area contributed by atoms with Crippen molar-refractivity contribution in [1.29, 1.82) is 0 Å². The molecule has 16 heteroatoms. The van der Waals surface area contributed by atoms with Crippen molar-refractivity contribution in [3.63, 3.8) is 0 Å². The Morgan fingerprint density at radius 3 is 2.03 bits per heavy atom. The second kappa shape index (κ2) is 10.5. The first-order valence-corrected chi connectivity index (χ1v) is 10.7. The molecule has 0 bridgehead atoms. The zero-order valence-electron chi connectivity index (χ0n) is 17.6. The highest BCUT2D eigenvalue weighted by Crippen LogP contribution is 2.26. The zero-order valence-corrected chi connectivity index (χ0v) is 18.4. The summed E-state index contributed by atoms with van der Waals surface area (Å²) in [6.07, 6.45) is -6.44. The lowest BCUT2D eigenvalue weighted by Gasteiger charge is -2.19. The van der Waals surface area contributed by atoms with Gasteiger partial charge in [-0.1, -0.05) is 0 Å². The average Bonchev–Trinajstić information content (AvgIpc) is 2.65. The number of hydrogen-bond donors (Lipinski definition) is 2. The van der Waals surface area contributed by atoms with Crippen LogP contribution in [0.1, 0.15) is 33.6 Å². The van der Waals surface area contributed by atoms with Gasteiger partial charge in [0.05, 0.1) is 30.5 Å². The largest absolute Gasteiger partial charge is 0.472 e. The van der Waals surface area contributed by atoms with E-state index in [1.165, 1.54) is 4.72 Å². The van der Waals surface area contributed by atoms with Crippen LogP contribution in [0.5, 0.6) is 0 Å². The van der Waals surface area contributed by atoms with E-state index in [9.17, 15) is 47.2 Å². The van der Waals surface area contributed by atoms with Gasteiger partial charge in [0.25, 0.3) is 11.4 Å². The summed E-state index contributed by atoms with van der Waals surface area (Å²) >= 11 is 0. The summed E-state index contributed by atoms with van der Waals surface area (Å²) in [7, 11) is -4.29. The number of nitro benzene ring substituents is 2. The van der Waals surface area contributed by atoms with E-state index in [0.29, 0.717) is 18.2 Å². The summed E-state index contributed by atoms with van der Waals surface area (Å²) in [5, 5.41) is 25.2. The number of non-ortho nitro benzene ring substituents is 2. The number of unbranched alkanes of at least 4 members (excludes halogenated alkanes) is 1. The molecule has 1 rings (SSSR count). The zero-order chi connectivity index (χ0) is 25.6. The number of benzene rings is 1. The molecule has 0 aliphatic heterocycles. The van der Waals surface area contributed by atoms with Crippen LogP contribution < -0.4 is 10.0 Å². The van der Waals surface area contributed by atoms with Crippen LogP contribution in [0.15, 0.2) is 23.1 Å². The standard InChI is InChI=1S/C17H21F3N4O8S/c1-16(2,3)32-15(26)21-6-4-5-7-33(31,22-14(25)17(18,19)20)13-9-11(23(27)28)8-12(10-13)24(29)30/h7-10H,4-6H2,1-3H3,(H,21,26)(H,22,25,31). The van der Waals surface area contributed by atoms with Gasteiger partial charge in [-0.05, 0) is 39.0 Å². The topological polar surface area (TPSA) is 171 Å². The minimum atomic E-state index is -5.44. The van der Waals surface area contributed by atoms with Gasteiger partial charge >= 0.3 is 18.2 Å². The molecule has 0 spiro atoms. The smallest absolute Gasteiger partial charge is 0.444 e. The van der Waals surface area contributed by atoms with Gasteiger partial charge in [-0.3, -0.25) is 29.7 Å². The summed E-state index contributed by atoms with van der Waals surface area (Å²) in [5.41, 5.74) is -2.59. The van der Waals surface area contributed by atoms with Crippen molar-refractivity contribution in [3.05, 3.63) is 38.4 Å². The number of carbonyl (C=O) groups excluding carboxylic acids is 2. The Balaban J connectivity index is 3.25. The highest BCUT2D eigenvalue weighted by Gasteiger charge is 2.40. The van der Waals surface area contributed by atoms with Crippen LogP contribution in [-0.4, -0.2) is 49.7 Å². The third-order valence-corrected chi connectivity index (χ3v) is 5.68. The monoisotopic (exact) mass is 498 g/mol. The summed E-state index contributed by atoms with van der Waals surface area (Å²) in [6, 6.07) is 1.67. The van der Waals surface area contributed by atoms with Crippen LogP contribution in [0.2, 0.25) is 0 Å². The summed E-state index contributed by atoms with van der Waals surface area (Å²) < 4.78 is 57.7. The predicted molar refractivity (Wildman–Crippen MR) is 110 cm³/mol. The predicted octanol–water partition coefficient (Wildman–Crippen LogP) is 2.85. The molecular weight excluding hydrogens is 477 g/mol. The number of alkyl halides is 3. The number of halogens is 3. The lowest BCUT2D eigenvalue weighted by molar-refractivity contribution is -0.394. The number of amides is 2. The molecule has 2 N–H and O–H groups in total. The second-order valence-corrected chi connectivity index (χ2v) is 9.68. The van der Waals surface area contributed by atoms with Crippen LogP contribution in [0.3, 0.4) is 0 Å². The summed E-state index contributed by atoms with van der Waals surface area (Å²) in [6.45, 7) is 4.81. The summed E-state index contributed by atoms with van der Waals surface area (Å²) in [5.74, 6) is -2.61. The number of nitrogens with zero attached hydrogens (tertiary/aromatic N) is 2. The Morgan fingerprint density at radius 1 is 1.09 bits per heavy atom. The van der Waals surface area contributed by atoms with Gasteiger partial charge in [0.15, 0.2) is 0 Å². The van der Waals surface area contributed by atoms with Crippen LogP contribution in [0.4, 0.5) is 29.3 Å². The van der Waals surface area contributed by atoms with E-state index in [-0.39, 0.29) is 19.4 Å². The molecule has 0 radical (unpaired) electrons. The third kappa shape index (κ3) is 8.91. The number of alkyl carbamates (subject to hydrolysis) is 1. The molecule has 0 aliphatic rings. The lowest BCUT2D eigenvalue weighted by Crippen LogP contribution is -2.41. The minimum Gasteiger partial charge on any atom is -0.444 e. The normalized spacial score (nSPS) is 13.4. The molecule has 12 nitrogen and oxygen atoms in total. The van der Waals surface area contributed by atoms with Crippen molar-refractivity contribution in [2.24, 2.45) is 0 Å². The SMILES string of the molecule is CC(C)(C)OC(=O)NCCCC=S(=O)(NC(=O)C(F)(F)F)c1cc([N+](=O)[O-])cc([N+](=O)[O-])c1. The molecule has 2 amide bonds. The van der Waals surface area contributed by atoms with Crippen LogP contribution in [0, 0.1) is 20.2 Å². The fourth-order valence-corrected chi connectivity index (χ4v) is 4.08. The quantitative estimate of drug-likeness (QED) is 0.238. The van der Waals surface area contributed by atoms with Crippen LogP contribution >= 0.6 is 0 Å². The van der Waals surface area contributed by atoms with E-state index in [2.05, 4.69) is 5.32 Å². The molecule has 1 aromatic carbocycles. The Hall–Kier alpha value is -3.43. The fraction of sp³-hybridized carbons (Fsp3) is 0.471. The van der Waals surface area contributed by atoms with E-state index < -0.39 is 59.6 Å². The Morgan fingerprint density at radius 2 is 1.61 bits per heavy atom. The van der Waals surface area contributed by atoms with Gasteiger partial charge < -0.3 is 10.1 Å². The first kappa shape index (κ1) is 27.6. The maximum absolute atomic E-state index is 13.2. The van der Waals surface area contributed by atoms with Gasteiger partial charge in [-0.25, -0.2) is 9.00 Å². The molecule has 0 heterocycles. The first-order valence-electron chi connectivity index (χ1n) is 9.12. The molecule has 1 atom stereocenters. The number of nitrogens with one attached hydrogen (secondary N) is 2. The van der Waals surface area contributed by atoms with Gasteiger partial charge in [0, 0.05) is 18.7 Å². The van der Waals surface area contributed by atoms with Gasteiger partial charge in [0.2, 0.25) is 0 Å². The highest BCUT2D eigenvalue weighted by atomic mass is 32.2. The molecule has 1 aromatic rings. The van der Waals surface area contributed by atoms with Crippen molar-refractivity contribution in [1.82, 2.24) is 10.0 Å². The van der Waals surface area contributed by atoms with E-state index in [4.69, 9.17) is 4.74 Å². The maximum Gasteiger partial charge on any atom is 0.472 e. The Kier molecular flexibility index (Phi) is 8.75. The molecule has 0 saturated heterocycles. The number of carbonyl (C=O) groups is 2. The summed E-state index contributed by atoms with van der Waals surface area (Å²) in [4.78, 5) is 42.2. The fourth-order valence-electron chi connectivity index (χ4n) is 2.20. The van der Waals surface area contributed by atoms with E-state index in [1.807, 2.05) is 0 Å². The molecule has 0 fully saturated rings. The van der Waals surface area contributed by atoms with Crippen LogP contribution in [-0.2, 0) is 19.2 Å². The Labute approximate surface area is 185 Å². The molecule has 184 valence electrons. The maximum atomic E-state index is 13.2. The molecular formula is C17H21F3N4O8S. The number of rotatable bonds is 8. The second-order valence-electron chi connectivity index (χ2n) is 7.47. The van der Waals surface area contributed by atoms with Crippen molar-refractivity contribution < 1.29 is 41.6 Å². The first-order chi connectivity index (χ1) is 14.9. The Bertz CT molecular complexity index is 1030. The average molecular weight is 498 g/mol. The number of hydrogen-bond acceptors (Lipinski definition) is 8. The lowest BCUT2D eigenvalue weighted by atomic mass is 10.2. The van der Waals surface area contributed by atoms with E-state index >= 15 is 0 Å². The van der Waals surface area contributed by atoms with Crippen molar-refractivity contribution in [2.75, 3.05) is 6.54 Å². The highest BCUT2D eigenvalue weighted by molar-refractivity contribution is 8.00. The van der Waals surface area contributed by atoms with Gasteiger partial charge in [0.1, 0.15) is 5.60 Å². The number of ether oxygens (including phenoxy) is 1.